The molecule has 0 fully saturated rings. The number of aromatic nitrogens is 2. The van der Waals surface area contributed by atoms with Gasteiger partial charge in [0.2, 0.25) is 0 Å². The number of rotatable bonds is 5. The highest BCUT2D eigenvalue weighted by molar-refractivity contribution is 5.98. The molecule has 6 heteroatoms. The first-order valence-electron chi connectivity index (χ1n) is 6.81. The van der Waals surface area contributed by atoms with E-state index in [1.165, 1.54) is 10.6 Å². The Kier molecular flexibility index (Phi) is 4.71. The van der Waals surface area contributed by atoms with Crippen LogP contribution in [0.2, 0.25) is 0 Å². The third-order valence-corrected chi connectivity index (χ3v) is 3.01. The van der Waals surface area contributed by atoms with E-state index < -0.39 is 11.2 Å². The largest absolute Gasteiger partial charge is 0.329 e. The molecule has 0 radical (unpaired) electrons. The fourth-order valence-electron chi connectivity index (χ4n) is 1.94. The lowest BCUT2D eigenvalue weighted by Crippen LogP contribution is -2.31. The van der Waals surface area contributed by atoms with Crippen molar-refractivity contribution in [2.75, 3.05) is 5.43 Å². The first-order chi connectivity index (χ1) is 10.1. The number of benzene rings is 1. The lowest BCUT2D eigenvalue weighted by Gasteiger charge is -2.10. The Hall–Kier alpha value is -2.63. The minimum atomic E-state index is -0.442. The molecular weight excluding hydrogens is 268 g/mol. The van der Waals surface area contributed by atoms with E-state index in [2.05, 4.69) is 15.5 Å². The molecule has 2 aromatic rings. The molecule has 6 nitrogen and oxygen atoms in total. The van der Waals surface area contributed by atoms with Crippen LogP contribution < -0.4 is 16.7 Å². The van der Waals surface area contributed by atoms with Gasteiger partial charge in [-0.2, -0.15) is 5.10 Å². The SMILES string of the molecule is CCCn1c(NN=C(C)c2ccccc2)cc(=O)[nH]c1=O. The van der Waals surface area contributed by atoms with Crippen molar-refractivity contribution in [3.63, 3.8) is 0 Å². The van der Waals surface area contributed by atoms with E-state index >= 15 is 0 Å². The fourth-order valence-corrected chi connectivity index (χ4v) is 1.94. The molecule has 0 saturated carbocycles. The van der Waals surface area contributed by atoms with Gasteiger partial charge in [-0.25, -0.2) is 4.79 Å². The molecule has 0 bridgehead atoms. The van der Waals surface area contributed by atoms with Crippen LogP contribution in [0.15, 0.2) is 51.1 Å². The van der Waals surface area contributed by atoms with Crippen LogP contribution in [-0.2, 0) is 6.54 Å². The molecule has 0 spiro atoms. The molecule has 2 N–H and O–H groups in total. The number of anilines is 1. The summed E-state index contributed by atoms with van der Waals surface area (Å²) >= 11 is 0. The Bertz CT molecular complexity index is 744. The van der Waals surface area contributed by atoms with Crippen molar-refractivity contribution in [1.82, 2.24) is 9.55 Å². The lowest BCUT2D eigenvalue weighted by molar-refractivity contribution is 0.637. The summed E-state index contributed by atoms with van der Waals surface area (Å²) in [6, 6.07) is 11.0. The standard InChI is InChI=1S/C15H18N4O2/c1-3-9-19-13(10-14(20)16-15(19)21)18-17-11(2)12-7-5-4-6-8-12/h4-8,10,18H,3,9H2,1-2H3,(H,16,20,21). The quantitative estimate of drug-likeness (QED) is 0.649. The Morgan fingerprint density at radius 2 is 2.00 bits per heavy atom. The van der Waals surface area contributed by atoms with Crippen molar-refractivity contribution in [3.8, 4) is 0 Å². The monoisotopic (exact) mass is 286 g/mol. The zero-order chi connectivity index (χ0) is 15.2. The van der Waals surface area contributed by atoms with Gasteiger partial charge in [-0.3, -0.25) is 19.8 Å². The Labute approximate surface area is 122 Å². The minimum absolute atomic E-state index is 0.390. The fraction of sp³-hybridized carbons (Fsp3) is 0.267. The van der Waals surface area contributed by atoms with Gasteiger partial charge in [-0.15, -0.1) is 0 Å². The maximum absolute atomic E-state index is 11.8. The second kappa shape index (κ2) is 6.69. The molecule has 0 aliphatic heterocycles. The molecule has 0 aliphatic rings. The number of nitrogens with one attached hydrogen (secondary N) is 2. The Balaban J connectivity index is 2.31. The van der Waals surface area contributed by atoms with Crippen molar-refractivity contribution in [2.45, 2.75) is 26.8 Å². The average molecular weight is 286 g/mol. The highest BCUT2D eigenvalue weighted by atomic mass is 16.2. The van der Waals surface area contributed by atoms with Crippen molar-refractivity contribution in [2.24, 2.45) is 5.10 Å². The van der Waals surface area contributed by atoms with Gasteiger partial charge in [0.05, 0.1) is 5.71 Å². The van der Waals surface area contributed by atoms with E-state index in [4.69, 9.17) is 0 Å². The van der Waals surface area contributed by atoms with Crippen LogP contribution in [0.4, 0.5) is 5.82 Å². The summed E-state index contributed by atoms with van der Waals surface area (Å²) < 4.78 is 1.46. The van der Waals surface area contributed by atoms with E-state index in [0.29, 0.717) is 12.4 Å². The van der Waals surface area contributed by atoms with Gasteiger partial charge in [0.1, 0.15) is 5.82 Å². The van der Waals surface area contributed by atoms with Crippen LogP contribution in [0.25, 0.3) is 0 Å². The van der Waals surface area contributed by atoms with Crippen LogP contribution in [0, 0.1) is 0 Å². The van der Waals surface area contributed by atoms with Gasteiger partial charge in [0.25, 0.3) is 5.56 Å². The average Bonchev–Trinajstić information content (AvgIpc) is 2.48. The Morgan fingerprint density at radius 1 is 1.29 bits per heavy atom. The van der Waals surface area contributed by atoms with Crippen LogP contribution >= 0.6 is 0 Å². The van der Waals surface area contributed by atoms with Crippen molar-refractivity contribution in [1.29, 1.82) is 0 Å². The van der Waals surface area contributed by atoms with Crippen molar-refractivity contribution in [3.05, 3.63) is 62.8 Å². The smallest absolute Gasteiger partial charge is 0.278 e. The summed E-state index contributed by atoms with van der Waals surface area (Å²) in [5, 5.41) is 4.24. The first kappa shape index (κ1) is 14.8. The third kappa shape index (κ3) is 3.68. The topological polar surface area (TPSA) is 79.2 Å². The minimum Gasteiger partial charge on any atom is -0.278 e. The summed E-state index contributed by atoms with van der Waals surface area (Å²) in [5.41, 5.74) is 3.68. The van der Waals surface area contributed by atoms with Gasteiger partial charge < -0.3 is 0 Å². The molecule has 0 amide bonds. The predicted octanol–water partition coefficient (Wildman–Crippen LogP) is 1.78. The molecule has 0 atom stereocenters. The normalized spacial score (nSPS) is 11.4. The predicted molar refractivity (Wildman–Crippen MR) is 83.9 cm³/mol. The second-order valence-corrected chi connectivity index (χ2v) is 4.65. The van der Waals surface area contributed by atoms with E-state index in [1.807, 2.05) is 44.2 Å². The highest BCUT2D eigenvalue weighted by Crippen LogP contribution is 2.05. The summed E-state index contributed by atoms with van der Waals surface area (Å²) in [5.74, 6) is 0.390. The maximum atomic E-state index is 11.8. The molecule has 0 saturated heterocycles. The molecule has 1 aromatic heterocycles. The van der Waals surface area contributed by atoms with Gasteiger partial charge in [-0.05, 0) is 18.9 Å². The van der Waals surface area contributed by atoms with Gasteiger partial charge >= 0.3 is 5.69 Å². The number of hydrogen-bond donors (Lipinski definition) is 2. The maximum Gasteiger partial charge on any atom is 0.329 e. The zero-order valence-corrected chi connectivity index (χ0v) is 12.1. The number of hydrogen-bond acceptors (Lipinski definition) is 4. The summed E-state index contributed by atoms with van der Waals surface area (Å²) in [6.07, 6.45) is 0.780. The number of nitrogens with zero attached hydrogens (tertiary/aromatic N) is 2. The number of aromatic amines is 1. The molecule has 0 unspecified atom stereocenters. The molecule has 110 valence electrons. The van der Waals surface area contributed by atoms with Gasteiger partial charge in [-0.1, -0.05) is 37.3 Å². The molecular formula is C15H18N4O2. The Morgan fingerprint density at radius 3 is 2.67 bits per heavy atom. The van der Waals surface area contributed by atoms with Gasteiger partial charge in [0, 0.05) is 12.6 Å². The zero-order valence-electron chi connectivity index (χ0n) is 12.1. The summed E-state index contributed by atoms with van der Waals surface area (Å²) in [6.45, 7) is 4.33. The van der Waals surface area contributed by atoms with E-state index in [9.17, 15) is 9.59 Å². The second-order valence-electron chi connectivity index (χ2n) is 4.65. The van der Waals surface area contributed by atoms with Gasteiger partial charge in [0.15, 0.2) is 0 Å². The molecule has 1 heterocycles. The third-order valence-electron chi connectivity index (χ3n) is 3.01. The van der Waals surface area contributed by atoms with Crippen LogP contribution in [0.5, 0.6) is 0 Å². The highest BCUT2D eigenvalue weighted by Gasteiger charge is 2.05. The molecule has 1 aromatic carbocycles. The lowest BCUT2D eigenvalue weighted by atomic mass is 10.1. The molecule has 0 aliphatic carbocycles. The van der Waals surface area contributed by atoms with E-state index in [-0.39, 0.29) is 0 Å². The number of H-pyrrole nitrogens is 1. The van der Waals surface area contributed by atoms with E-state index in [0.717, 1.165) is 17.7 Å². The van der Waals surface area contributed by atoms with Crippen LogP contribution in [0.3, 0.4) is 0 Å². The van der Waals surface area contributed by atoms with Crippen molar-refractivity contribution >= 4 is 11.5 Å². The first-order valence-corrected chi connectivity index (χ1v) is 6.81. The van der Waals surface area contributed by atoms with Crippen LogP contribution in [-0.4, -0.2) is 15.3 Å². The summed E-state index contributed by atoms with van der Waals surface area (Å²) in [4.78, 5) is 25.5. The van der Waals surface area contributed by atoms with Crippen LogP contribution in [0.1, 0.15) is 25.8 Å². The van der Waals surface area contributed by atoms with E-state index in [1.54, 1.807) is 0 Å². The molecule has 21 heavy (non-hydrogen) atoms. The molecule has 2 rings (SSSR count). The summed E-state index contributed by atoms with van der Waals surface area (Å²) in [7, 11) is 0. The number of hydrazone groups is 1. The van der Waals surface area contributed by atoms with Crippen molar-refractivity contribution < 1.29 is 0 Å².